The SMILES string of the molecule is C=C([CH2][Sn]([CH2]CCC)([CH2]CCC)[CH2]CCC)[C@H](CC[C@@H](C/C=C/C)O[Si](C)(C)C(C)(C)C)OC(=O)c1ccccc1. The van der Waals surface area contributed by atoms with E-state index in [4.69, 9.17) is 15.7 Å². The molecule has 0 saturated heterocycles. The van der Waals surface area contributed by atoms with Gasteiger partial charge >= 0.3 is 261 Å². The number of hydrogen-bond donors (Lipinski definition) is 0. The van der Waals surface area contributed by atoms with Crippen LogP contribution in [-0.2, 0) is 9.16 Å². The van der Waals surface area contributed by atoms with Crippen LogP contribution in [0.25, 0.3) is 0 Å². The molecule has 0 aliphatic heterocycles. The average Bonchev–Trinajstić information content (AvgIpc) is 2.93. The molecule has 0 saturated carbocycles. The quantitative estimate of drug-likeness (QED) is 0.0731. The van der Waals surface area contributed by atoms with Crippen molar-refractivity contribution in [1.29, 1.82) is 0 Å². The fraction of sp³-hybridized carbons (Fsp3) is 0.694. The topological polar surface area (TPSA) is 35.5 Å². The molecule has 0 fully saturated rings. The standard InChI is InChI=1S/C24H37O3Si.3C4H9.Sn/c1-9-10-16-21(27-28(7,8)24(4,5)6)17-18-22(19(2)3)26-23(25)20-14-12-11-13-15-20;3*1-3-4-2;/h9-15,21-22H,2-3,16-18H2,1,4-8H3;3*1,3-4H2,2H3;/b10-9+;;;;/t21-,22+;;;;/m1..../s1. The monoisotopic (exact) mass is 692 g/mol. The van der Waals surface area contributed by atoms with E-state index in [0.29, 0.717) is 5.56 Å². The van der Waals surface area contributed by atoms with E-state index in [-0.39, 0.29) is 23.2 Å². The third-order valence-corrected chi connectivity index (χ3v) is 29.2. The van der Waals surface area contributed by atoms with E-state index in [9.17, 15) is 4.79 Å². The molecule has 0 heterocycles. The molecule has 2 atom stereocenters. The molecule has 0 aliphatic rings. The van der Waals surface area contributed by atoms with Gasteiger partial charge in [0.25, 0.3) is 0 Å². The minimum absolute atomic E-state index is 0.117. The molecule has 3 nitrogen and oxygen atoms in total. The normalized spacial score (nSPS) is 14.3. The molecule has 234 valence electrons. The van der Waals surface area contributed by atoms with Crippen molar-refractivity contribution in [2.45, 2.75) is 154 Å². The van der Waals surface area contributed by atoms with Crippen LogP contribution in [0.4, 0.5) is 0 Å². The van der Waals surface area contributed by atoms with Crippen molar-refractivity contribution >= 4 is 32.7 Å². The van der Waals surface area contributed by atoms with E-state index in [1.165, 1.54) is 57.4 Å². The summed E-state index contributed by atoms with van der Waals surface area (Å²) in [7, 11) is -1.94. The van der Waals surface area contributed by atoms with Crippen molar-refractivity contribution < 1.29 is 14.0 Å². The Kier molecular flexibility index (Phi) is 18.1. The van der Waals surface area contributed by atoms with Gasteiger partial charge in [0, 0.05) is 0 Å². The number of unbranched alkanes of at least 4 members (excludes halogenated alkanes) is 3. The van der Waals surface area contributed by atoms with E-state index in [1.54, 1.807) is 0 Å². The summed E-state index contributed by atoms with van der Waals surface area (Å²) in [5.41, 5.74) is 1.79. The van der Waals surface area contributed by atoms with Crippen LogP contribution < -0.4 is 0 Å². The van der Waals surface area contributed by atoms with Crippen molar-refractivity contribution in [3.05, 3.63) is 60.2 Å². The fourth-order valence-corrected chi connectivity index (χ4v) is 23.4. The number of carbonyl (C=O) groups is 1. The first kappa shape index (κ1) is 38.2. The van der Waals surface area contributed by atoms with Crippen LogP contribution >= 0.6 is 0 Å². The molecule has 0 unspecified atom stereocenters. The van der Waals surface area contributed by atoms with Crippen LogP contribution in [-0.4, -0.2) is 44.9 Å². The molecule has 0 aromatic heterocycles. The first-order valence-corrected chi connectivity index (χ1v) is 27.6. The minimum atomic E-state index is -2.51. The van der Waals surface area contributed by atoms with E-state index >= 15 is 0 Å². The predicted molar refractivity (Wildman–Crippen MR) is 185 cm³/mol. The Balaban J connectivity index is 3.30. The third kappa shape index (κ3) is 14.0. The Hall–Kier alpha value is -0.854. The number of carbonyl (C=O) groups excluding carboxylic acids is 1. The van der Waals surface area contributed by atoms with E-state index in [2.05, 4.69) is 73.7 Å². The Morgan fingerprint density at radius 2 is 1.49 bits per heavy atom. The average molecular weight is 692 g/mol. The van der Waals surface area contributed by atoms with Crippen molar-refractivity contribution in [2.75, 3.05) is 0 Å². The van der Waals surface area contributed by atoms with Gasteiger partial charge in [-0.3, -0.25) is 0 Å². The summed E-state index contributed by atoms with van der Waals surface area (Å²) in [5, 5.41) is 0.149. The van der Waals surface area contributed by atoms with Crippen LogP contribution in [0, 0.1) is 0 Å². The molecule has 0 bridgehead atoms. The van der Waals surface area contributed by atoms with Gasteiger partial charge < -0.3 is 0 Å². The van der Waals surface area contributed by atoms with Gasteiger partial charge in [0.1, 0.15) is 0 Å². The Labute approximate surface area is 260 Å². The first-order valence-electron chi connectivity index (χ1n) is 16.6. The molecule has 0 spiro atoms. The molecule has 5 heteroatoms. The molecule has 1 aromatic rings. The van der Waals surface area contributed by atoms with Gasteiger partial charge in [-0.25, -0.2) is 0 Å². The van der Waals surface area contributed by atoms with E-state index in [0.717, 1.165) is 23.7 Å². The second kappa shape index (κ2) is 19.4. The summed E-state index contributed by atoms with van der Waals surface area (Å²) >= 11 is -2.51. The third-order valence-electron chi connectivity index (χ3n) is 9.15. The van der Waals surface area contributed by atoms with E-state index in [1.807, 2.05) is 30.3 Å². The zero-order chi connectivity index (χ0) is 30.9. The van der Waals surface area contributed by atoms with Gasteiger partial charge in [-0.15, -0.1) is 0 Å². The Morgan fingerprint density at radius 3 is 1.95 bits per heavy atom. The van der Waals surface area contributed by atoms with E-state index < -0.39 is 26.7 Å². The predicted octanol–water partition coefficient (Wildman–Crippen LogP) is 11.8. The summed E-state index contributed by atoms with van der Waals surface area (Å²) in [4.78, 5) is 13.3. The Bertz CT molecular complexity index is 881. The van der Waals surface area contributed by atoms with Gasteiger partial charge in [-0.05, 0) is 0 Å². The maximum absolute atomic E-state index is 13.3. The van der Waals surface area contributed by atoms with Crippen LogP contribution in [0.5, 0.6) is 0 Å². The summed E-state index contributed by atoms with van der Waals surface area (Å²) < 4.78 is 18.7. The Morgan fingerprint density at radius 1 is 0.951 bits per heavy atom. The maximum atomic E-state index is 13.3. The van der Waals surface area contributed by atoms with Gasteiger partial charge in [-0.2, -0.15) is 0 Å². The molecular weight excluding hydrogens is 627 g/mol. The van der Waals surface area contributed by atoms with Crippen molar-refractivity contribution in [2.24, 2.45) is 0 Å². The number of allylic oxidation sites excluding steroid dienone is 1. The van der Waals surface area contributed by atoms with Gasteiger partial charge in [0.15, 0.2) is 0 Å². The first-order chi connectivity index (χ1) is 19.3. The van der Waals surface area contributed by atoms with Crippen molar-refractivity contribution in [1.82, 2.24) is 0 Å². The number of benzene rings is 1. The molecule has 0 aliphatic carbocycles. The molecule has 1 aromatic carbocycles. The zero-order valence-electron chi connectivity index (χ0n) is 28.3. The van der Waals surface area contributed by atoms with Crippen LogP contribution in [0.1, 0.15) is 117 Å². The molecule has 0 N–H and O–H groups in total. The number of esters is 1. The summed E-state index contributed by atoms with van der Waals surface area (Å²) in [6.07, 6.45) is 14.5. The molecule has 0 radical (unpaired) electrons. The van der Waals surface area contributed by atoms with Crippen LogP contribution in [0.15, 0.2) is 54.6 Å². The molecule has 41 heavy (non-hydrogen) atoms. The van der Waals surface area contributed by atoms with Gasteiger partial charge in [0.05, 0.1) is 0 Å². The molecular formula is C36H64O3SiSn. The molecule has 0 amide bonds. The number of ether oxygens (including phenoxy) is 1. The van der Waals surface area contributed by atoms with Crippen molar-refractivity contribution in [3.8, 4) is 0 Å². The zero-order valence-corrected chi connectivity index (χ0v) is 32.2. The summed E-state index contributed by atoms with van der Waals surface area (Å²) in [6.45, 7) is 25.3. The molecule has 1 rings (SSSR count). The second-order valence-corrected chi connectivity index (χ2v) is 32.4. The number of hydrogen-bond acceptors (Lipinski definition) is 3. The van der Waals surface area contributed by atoms with Crippen LogP contribution in [0.2, 0.25) is 35.9 Å². The summed E-state index contributed by atoms with van der Waals surface area (Å²) in [6, 6.07) is 9.45. The van der Waals surface area contributed by atoms with Crippen molar-refractivity contribution in [3.63, 3.8) is 0 Å². The fourth-order valence-electron chi connectivity index (χ4n) is 5.45. The summed E-state index contributed by atoms with van der Waals surface area (Å²) in [5.74, 6) is -0.233. The second-order valence-electron chi connectivity index (χ2n) is 13.8. The van der Waals surface area contributed by atoms with Gasteiger partial charge in [0.2, 0.25) is 0 Å². The number of rotatable bonds is 21. The van der Waals surface area contributed by atoms with Crippen LogP contribution in [0.3, 0.4) is 0 Å². The van der Waals surface area contributed by atoms with Gasteiger partial charge in [-0.1, -0.05) is 0 Å².